The molecule has 0 heterocycles. The van der Waals surface area contributed by atoms with Gasteiger partial charge in [-0.15, -0.1) is 0 Å². The molecule has 248 valence electrons. The van der Waals surface area contributed by atoms with Crippen LogP contribution in [0.4, 0.5) is 18.0 Å². The molecule has 0 spiro atoms. The summed E-state index contributed by atoms with van der Waals surface area (Å²) in [5.74, 6) is -1.85. The number of alkyl carbamates (subject to hydrolysis) is 1. The van der Waals surface area contributed by atoms with Crippen molar-refractivity contribution in [3.63, 3.8) is 0 Å². The van der Waals surface area contributed by atoms with Gasteiger partial charge in [0.05, 0.1) is 19.9 Å². The van der Waals surface area contributed by atoms with Gasteiger partial charge in [-0.3, -0.25) is 0 Å². The summed E-state index contributed by atoms with van der Waals surface area (Å²) in [5, 5.41) is 6.36. The normalized spacial score (nSPS) is 11.8. The third-order valence-corrected chi connectivity index (χ3v) is 9.94. The quantitative estimate of drug-likeness (QED) is 0.150. The number of nitrogens with one attached hydrogen (secondary N) is 1. The molecule has 4 aromatic rings. The first-order chi connectivity index (χ1) is 21.4. The second-order valence-electron chi connectivity index (χ2n) is 10.2. The van der Waals surface area contributed by atoms with E-state index in [0.717, 1.165) is 0 Å². The molecule has 4 rings (SSSR count). The molecule has 46 heavy (non-hydrogen) atoms. The van der Waals surface area contributed by atoms with Crippen LogP contribution in [0.1, 0.15) is 25.8 Å². The molecule has 1 atom stereocenters. The van der Waals surface area contributed by atoms with Crippen LogP contribution in [-0.2, 0) is 48.5 Å². The van der Waals surface area contributed by atoms with Crippen LogP contribution in [0.25, 0.3) is 4.72 Å². The van der Waals surface area contributed by atoms with E-state index >= 15 is 0 Å². The van der Waals surface area contributed by atoms with Gasteiger partial charge in [-0.2, -0.15) is 13.2 Å². The maximum Gasteiger partial charge on any atom is 1.00 e. The number of carbonyl (C=O) groups excluding carboxylic acids is 2. The second-order valence-corrected chi connectivity index (χ2v) is 14.3. The van der Waals surface area contributed by atoms with Crippen LogP contribution in [0.2, 0.25) is 0 Å². The van der Waals surface area contributed by atoms with E-state index in [-0.39, 0.29) is 41.3 Å². The number of amides is 2. The smallest absolute Gasteiger partial charge is 0.537 e. The number of rotatable bonds is 10. The van der Waals surface area contributed by atoms with Crippen LogP contribution >= 0.6 is 7.92 Å². The zero-order valence-electron chi connectivity index (χ0n) is 24.9. The monoisotopic (exact) mass is 855 g/mol. The molecule has 1 N–H and O–H groups in total. The van der Waals surface area contributed by atoms with E-state index in [1.165, 1.54) is 15.9 Å². The average molecular weight is 856 g/mol. The van der Waals surface area contributed by atoms with Crippen molar-refractivity contribution in [2.75, 3.05) is 0 Å². The minimum absolute atomic E-state index is 0. The Kier molecular flexibility index (Phi) is 15.7. The van der Waals surface area contributed by atoms with Gasteiger partial charge in [0.1, 0.15) is 22.5 Å². The minimum Gasteiger partial charge on any atom is -0.537 e. The third kappa shape index (κ3) is 12.4. The van der Waals surface area contributed by atoms with Gasteiger partial charge in [-0.1, -0.05) is 98.8 Å². The zero-order valence-corrected chi connectivity index (χ0v) is 28.9. The predicted molar refractivity (Wildman–Crippen MR) is 173 cm³/mol. The Labute approximate surface area is 284 Å². The Balaban J connectivity index is 0.000000326. The predicted octanol–water partition coefficient (Wildman–Crippen LogP) is 6.25. The fourth-order valence-corrected chi connectivity index (χ4v) is 7.19. The summed E-state index contributed by atoms with van der Waals surface area (Å²) in [6.45, 7) is 3.14. The molecule has 0 saturated heterocycles. The van der Waals surface area contributed by atoms with Gasteiger partial charge in [0.15, 0.2) is 10.0 Å². The van der Waals surface area contributed by atoms with Gasteiger partial charge in [0, 0.05) is 0 Å². The summed E-state index contributed by atoms with van der Waals surface area (Å²) in [4.78, 5) is 23.6. The molecule has 13 heteroatoms. The van der Waals surface area contributed by atoms with Crippen LogP contribution in [0.15, 0.2) is 121 Å². The molecular weight excluding hydrogens is 821 g/mol. The van der Waals surface area contributed by atoms with Gasteiger partial charge in [0.25, 0.3) is 0 Å². The van der Waals surface area contributed by atoms with Crippen molar-refractivity contribution in [3.05, 3.63) is 132 Å². The number of halogens is 3. The van der Waals surface area contributed by atoms with Gasteiger partial charge >= 0.3 is 34.0 Å². The Morgan fingerprint density at radius 2 is 1.15 bits per heavy atom. The first kappa shape index (κ1) is 38.7. The molecule has 0 aliphatic heterocycles. The van der Waals surface area contributed by atoms with Gasteiger partial charge in [-0.25, -0.2) is 13.2 Å². The summed E-state index contributed by atoms with van der Waals surface area (Å²) in [7, 11) is -6.86. The third-order valence-electron chi connectivity index (χ3n) is 6.20. The minimum atomic E-state index is -5.99. The van der Waals surface area contributed by atoms with Gasteiger partial charge in [0.2, 0.25) is 0 Å². The SMILES string of the molecule is CC(C)C[C@H](NC(=O)OCc1ccccc1)C(=O)[N-]S(=O)(=O)C(F)(F)F.[Au+].c1ccc([PH+](c2ccccc2)c2ccccc2)cc1. The fourth-order valence-electron chi connectivity index (χ4n) is 4.15. The number of carbonyl (C=O) groups is 2. The number of nitrogens with zero attached hydrogens (tertiary/aromatic N) is 1. The summed E-state index contributed by atoms with van der Waals surface area (Å²) in [6.07, 6.45) is -1.19. The number of sulfonamides is 1. The van der Waals surface area contributed by atoms with Gasteiger partial charge < -0.3 is 19.6 Å². The Morgan fingerprint density at radius 3 is 1.52 bits per heavy atom. The van der Waals surface area contributed by atoms with Crippen LogP contribution in [0.5, 0.6) is 0 Å². The molecule has 0 aliphatic rings. The molecule has 0 unspecified atom stereocenters. The average Bonchev–Trinajstić information content (AvgIpc) is 3.01. The van der Waals surface area contributed by atoms with Crippen LogP contribution < -0.4 is 21.2 Å². The maximum absolute atomic E-state index is 12.3. The summed E-state index contributed by atoms with van der Waals surface area (Å²) >= 11 is 0. The molecular formula is C33H34AuF3N2O5PS+. The van der Waals surface area contributed by atoms with Crippen molar-refractivity contribution >= 4 is 45.9 Å². The number of benzene rings is 4. The van der Waals surface area contributed by atoms with E-state index < -0.39 is 41.5 Å². The second kappa shape index (κ2) is 18.6. The molecule has 2 amide bonds. The van der Waals surface area contributed by atoms with Crippen molar-refractivity contribution < 1.29 is 58.3 Å². The Morgan fingerprint density at radius 1 is 0.761 bits per heavy atom. The first-order valence-electron chi connectivity index (χ1n) is 14.0. The Bertz CT molecular complexity index is 1510. The number of hydrogen-bond donors (Lipinski definition) is 1. The zero-order chi connectivity index (χ0) is 32.9. The van der Waals surface area contributed by atoms with Crippen LogP contribution in [0, 0.1) is 5.92 Å². The van der Waals surface area contributed by atoms with Gasteiger partial charge in [-0.05, 0) is 54.3 Å². The van der Waals surface area contributed by atoms with Crippen LogP contribution in [-0.4, -0.2) is 32.0 Å². The molecule has 4 aromatic carbocycles. The Hall–Kier alpha value is -3.47. The van der Waals surface area contributed by atoms with E-state index in [2.05, 4.69) is 101 Å². The largest absolute Gasteiger partial charge is 1.00 e. The van der Waals surface area contributed by atoms with Crippen molar-refractivity contribution in [1.82, 2.24) is 5.32 Å². The molecule has 0 bridgehead atoms. The van der Waals surface area contributed by atoms with E-state index in [9.17, 15) is 31.2 Å². The number of ether oxygens (including phenoxy) is 1. The van der Waals surface area contributed by atoms with E-state index in [1.807, 2.05) is 0 Å². The van der Waals surface area contributed by atoms with Crippen molar-refractivity contribution in [2.24, 2.45) is 5.92 Å². The first-order valence-corrected chi connectivity index (χ1v) is 16.9. The number of hydrogen-bond acceptors (Lipinski definition) is 5. The molecule has 0 aromatic heterocycles. The molecule has 0 radical (unpaired) electrons. The molecule has 0 aliphatic carbocycles. The fraction of sp³-hybridized carbons (Fsp3) is 0.212. The maximum atomic E-state index is 12.3. The molecule has 7 nitrogen and oxygen atoms in total. The summed E-state index contributed by atoms with van der Waals surface area (Å²) in [5.41, 5.74) is -5.04. The van der Waals surface area contributed by atoms with E-state index in [0.29, 0.717) is 5.56 Å². The summed E-state index contributed by atoms with van der Waals surface area (Å²) < 4.78 is 66.1. The topological polar surface area (TPSA) is 104 Å². The van der Waals surface area contributed by atoms with Crippen molar-refractivity contribution in [3.8, 4) is 0 Å². The molecule has 0 saturated carbocycles. The standard InChI is InChI=1S/C18H15P.C15H19F3N2O5S.Au/c1-4-10-16(11-5-1)19(17-12-6-2-7-13-17)18-14-8-3-9-15-18;1-10(2)8-12(13(21)20-26(23,24)15(16,17)18)19-14(22)25-9-11-6-4-3-5-7-11;/h1-15H;3-7,10,12H,8-9H2,1-2H3,(H2,19,20,21,22);/q;;+1/t;12-;/m.0./s1. The molecule has 0 fully saturated rings. The number of alkyl halides is 3. The van der Waals surface area contributed by atoms with Crippen molar-refractivity contribution in [1.29, 1.82) is 0 Å². The van der Waals surface area contributed by atoms with E-state index in [4.69, 9.17) is 4.74 Å². The van der Waals surface area contributed by atoms with E-state index in [1.54, 1.807) is 44.2 Å². The van der Waals surface area contributed by atoms with Crippen LogP contribution in [0.3, 0.4) is 0 Å². The van der Waals surface area contributed by atoms with Crippen molar-refractivity contribution in [2.45, 2.75) is 38.4 Å². The summed E-state index contributed by atoms with van der Waals surface area (Å²) in [6, 6.07) is 39.5.